The van der Waals surface area contributed by atoms with E-state index in [0.29, 0.717) is 0 Å². The summed E-state index contributed by atoms with van der Waals surface area (Å²) in [6.45, 7) is 0. The first kappa shape index (κ1) is 11.0. The molecule has 1 aliphatic carbocycles. The molecule has 18 heavy (non-hydrogen) atoms. The first-order valence-electron chi connectivity index (χ1n) is 6.21. The molecule has 4 heteroatoms. The van der Waals surface area contributed by atoms with Crippen LogP contribution in [-0.4, -0.2) is 9.97 Å². The van der Waals surface area contributed by atoms with E-state index in [9.17, 15) is 4.79 Å². The van der Waals surface area contributed by atoms with E-state index in [-0.39, 0.29) is 5.82 Å². The van der Waals surface area contributed by atoms with E-state index in [0.717, 1.165) is 24.1 Å². The molecular weight excluding hydrogens is 226 g/mol. The van der Waals surface area contributed by atoms with Gasteiger partial charge >= 0.3 is 5.69 Å². The van der Waals surface area contributed by atoms with E-state index < -0.39 is 5.69 Å². The maximum atomic E-state index is 11.3. The second-order valence-corrected chi connectivity index (χ2v) is 4.72. The van der Waals surface area contributed by atoms with Gasteiger partial charge in [-0.25, -0.2) is 4.79 Å². The van der Waals surface area contributed by atoms with Gasteiger partial charge in [-0.05, 0) is 48.4 Å². The first-order valence-corrected chi connectivity index (χ1v) is 6.21. The van der Waals surface area contributed by atoms with Crippen LogP contribution in [0.3, 0.4) is 0 Å². The number of aryl methyl sites for hydroxylation is 2. The Morgan fingerprint density at radius 3 is 2.67 bits per heavy atom. The summed E-state index contributed by atoms with van der Waals surface area (Å²) < 4.78 is 0. The van der Waals surface area contributed by atoms with Crippen molar-refractivity contribution in [1.82, 2.24) is 9.97 Å². The molecule has 0 unspecified atom stereocenters. The summed E-state index contributed by atoms with van der Waals surface area (Å²) in [4.78, 5) is 17.7. The highest BCUT2D eigenvalue weighted by molar-refractivity contribution is 5.63. The smallest absolute Gasteiger partial charge is 0.347 e. The number of nitrogen functional groups attached to an aromatic ring is 1. The Kier molecular flexibility index (Phi) is 2.63. The minimum Gasteiger partial charge on any atom is -0.383 e. The van der Waals surface area contributed by atoms with E-state index in [1.54, 1.807) is 6.07 Å². The molecule has 3 rings (SSSR count). The zero-order chi connectivity index (χ0) is 12.5. The third-order valence-electron chi connectivity index (χ3n) is 3.42. The minimum atomic E-state index is -0.400. The van der Waals surface area contributed by atoms with E-state index >= 15 is 0 Å². The van der Waals surface area contributed by atoms with Gasteiger partial charge in [-0.3, -0.25) is 0 Å². The molecular formula is C14H15N3O. The Morgan fingerprint density at radius 2 is 1.89 bits per heavy atom. The first-order chi connectivity index (χ1) is 8.72. The van der Waals surface area contributed by atoms with Gasteiger partial charge in [0.25, 0.3) is 0 Å². The Morgan fingerprint density at radius 1 is 1.11 bits per heavy atom. The predicted octanol–water partition coefficient (Wildman–Crippen LogP) is 1.90. The maximum Gasteiger partial charge on any atom is 0.347 e. The van der Waals surface area contributed by atoms with Crippen LogP contribution in [0.1, 0.15) is 24.0 Å². The number of benzene rings is 1. The Hall–Kier alpha value is -2.10. The number of aromatic nitrogens is 2. The minimum absolute atomic E-state index is 0.256. The van der Waals surface area contributed by atoms with Crippen LogP contribution in [0.15, 0.2) is 29.1 Å². The molecule has 1 aromatic carbocycles. The molecule has 0 amide bonds. The topological polar surface area (TPSA) is 71.8 Å². The third kappa shape index (κ3) is 2.01. The van der Waals surface area contributed by atoms with Gasteiger partial charge in [0, 0.05) is 6.07 Å². The lowest BCUT2D eigenvalue weighted by molar-refractivity contribution is 0.686. The summed E-state index contributed by atoms with van der Waals surface area (Å²) in [6.07, 6.45) is 4.79. The fourth-order valence-electron chi connectivity index (χ4n) is 2.53. The Bertz CT molecular complexity index is 646. The van der Waals surface area contributed by atoms with Crippen LogP contribution < -0.4 is 11.4 Å². The van der Waals surface area contributed by atoms with E-state index in [4.69, 9.17) is 5.73 Å². The highest BCUT2D eigenvalue weighted by atomic mass is 16.1. The molecule has 0 atom stereocenters. The average Bonchev–Trinajstić information content (AvgIpc) is 2.37. The van der Waals surface area contributed by atoms with Gasteiger partial charge in [0.15, 0.2) is 0 Å². The van der Waals surface area contributed by atoms with Crippen LogP contribution >= 0.6 is 0 Å². The van der Waals surface area contributed by atoms with Gasteiger partial charge in [-0.2, -0.15) is 4.98 Å². The van der Waals surface area contributed by atoms with E-state index in [1.165, 1.54) is 24.0 Å². The summed E-state index contributed by atoms with van der Waals surface area (Å²) >= 11 is 0. The van der Waals surface area contributed by atoms with Crippen LogP contribution in [0.25, 0.3) is 11.3 Å². The number of hydrogen-bond donors (Lipinski definition) is 2. The highest BCUT2D eigenvalue weighted by Gasteiger charge is 2.10. The van der Waals surface area contributed by atoms with Gasteiger partial charge in [0.1, 0.15) is 5.82 Å². The summed E-state index contributed by atoms with van der Waals surface area (Å²) in [5.41, 5.74) is 9.75. The second kappa shape index (κ2) is 4.29. The third-order valence-corrected chi connectivity index (χ3v) is 3.42. The molecule has 0 fully saturated rings. The van der Waals surface area contributed by atoms with Gasteiger partial charge in [-0.15, -0.1) is 0 Å². The monoisotopic (exact) mass is 241 g/mol. The SMILES string of the molecule is Nc1cc(-c2ccc3c(c2)CCCC3)[nH]c(=O)n1. The molecule has 0 bridgehead atoms. The normalized spacial score (nSPS) is 14.2. The summed E-state index contributed by atoms with van der Waals surface area (Å²) in [6, 6.07) is 8.04. The van der Waals surface area contributed by atoms with Crippen LogP contribution in [-0.2, 0) is 12.8 Å². The number of nitrogens with two attached hydrogens (primary N) is 1. The molecule has 0 spiro atoms. The average molecular weight is 241 g/mol. The predicted molar refractivity (Wildman–Crippen MR) is 71.3 cm³/mol. The lowest BCUT2D eigenvalue weighted by atomic mass is 9.90. The number of rotatable bonds is 1. The van der Waals surface area contributed by atoms with Crippen LogP contribution in [0, 0.1) is 0 Å². The maximum absolute atomic E-state index is 11.3. The van der Waals surface area contributed by atoms with E-state index in [2.05, 4.69) is 22.1 Å². The van der Waals surface area contributed by atoms with Gasteiger partial charge in [0.2, 0.25) is 0 Å². The number of nitrogens with one attached hydrogen (secondary N) is 1. The van der Waals surface area contributed by atoms with Crippen molar-refractivity contribution in [2.24, 2.45) is 0 Å². The number of hydrogen-bond acceptors (Lipinski definition) is 3. The summed E-state index contributed by atoms with van der Waals surface area (Å²) in [5, 5.41) is 0. The van der Waals surface area contributed by atoms with Crippen molar-refractivity contribution in [3.63, 3.8) is 0 Å². The molecule has 1 aromatic heterocycles. The van der Waals surface area contributed by atoms with Gasteiger partial charge in [-0.1, -0.05) is 12.1 Å². The van der Waals surface area contributed by atoms with Crippen molar-refractivity contribution >= 4 is 5.82 Å². The van der Waals surface area contributed by atoms with Crippen molar-refractivity contribution in [1.29, 1.82) is 0 Å². The molecule has 3 N–H and O–H groups in total. The van der Waals surface area contributed by atoms with Crippen LogP contribution in [0.4, 0.5) is 5.82 Å². The number of anilines is 1. The molecule has 0 aliphatic heterocycles. The summed E-state index contributed by atoms with van der Waals surface area (Å²) in [7, 11) is 0. The lowest BCUT2D eigenvalue weighted by Crippen LogP contribution is -2.13. The standard InChI is InChI=1S/C14H15N3O/c15-13-8-12(16-14(18)17-13)11-6-5-9-3-1-2-4-10(9)7-11/h5-8H,1-4H2,(H3,15,16,17,18). The number of aromatic amines is 1. The lowest BCUT2D eigenvalue weighted by Gasteiger charge is -2.16. The largest absolute Gasteiger partial charge is 0.383 e. The number of fused-ring (bicyclic) bond motifs is 1. The fraction of sp³-hybridized carbons (Fsp3) is 0.286. The zero-order valence-corrected chi connectivity index (χ0v) is 10.1. The van der Waals surface area contributed by atoms with E-state index in [1.807, 2.05) is 6.07 Å². The number of H-pyrrole nitrogens is 1. The molecule has 0 saturated carbocycles. The quantitative estimate of drug-likeness (QED) is 0.801. The van der Waals surface area contributed by atoms with Gasteiger partial charge < -0.3 is 10.7 Å². The van der Waals surface area contributed by atoms with Gasteiger partial charge in [0.05, 0.1) is 5.69 Å². The highest BCUT2D eigenvalue weighted by Crippen LogP contribution is 2.26. The van der Waals surface area contributed by atoms with Crippen LogP contribution in [0.2, 0.25) is 0 Å². The Labute approximate surface area is 105 Å². The second-order valence-electron chi connectivity index (χ2n) is 4.72. The molecule has 1 aliphatic rings. The molecule has 1 heterocycles. The van der Waals surface area contributed by atoms with Crippen molar-refractivity contribution in [2.75, 3.05) is 5.73 Å². The molecule has 0 saturated heterocycles. The molecule has 0 radical (unpaired) electrons. The molecule has 92 valence electrons. The van der Waals surface area contributed by atoms with Crippen molar-refractivity contribution < 1.29 is 0 Å². The van der Waals surface area contributed by atoms with Crippen molar-refractivity contribution in [3.8, 4) is 11.3 Å². The van der Waals surface area contributed by atoms with Crippen molar-refractivity contribution in [3.05, 3.63) is 45.9 Å². The van der Waals surface area contributed by atoms with Crippen molar-refractivity contribution in [2.45, 2.75) is 25.7 Å². The molecule has 4 nitrogen and oxygen atoms in total. The number of nitrogens with zero attached hydrogens (tertiary/aromatic N) is 1. The zero-order valence-electron chi connectivity index (χ0n) is 10.1. The fourth-order valence-corrected chi connectivity index (χ4v) is 2.53. The van der Waals surface area contributed by atoms with Crippen LogP contribution in [0.5, 0.6) is 0 Å². The Balaban J connectivity index is 2.08. The summed E-state index contributed by atoms with van der Waals surface area (Å²) in [5.74, 6) is 0.256. The molecule has 2 aromatic rings.